The Balaban J connectivity index is 2.12. The van der Waals surface area contributed by atoms with E-state index >= 15 is 0 Å². The third-order valence-corrected chi connectivity index (χ3v) is 4.31. The largest absolute Gasteiger partial charge is 0.493 e. The van der Waals surface area contributed by atoms with Crippen molar-refractivity contribution in [2.24, 2.45) is 0 Å². The lowest BCUT2D eigenvalue weighted by Gasteiger charge is -2.43. The summed E-state index contributed by atoms with van der Waals surface area (Å²) in [5.41, 5.74) is 0.835. The summed E-state index contributed by atoms with van der Waals surface area (Å²) in [7, 11) is 3.15. The number of nitrogens with two attached hydrogens (primary N) is 1. The molecule has 2 rings (SSSR count). The number of hydrogen-bond donors (Lipinski definition) is 2. The fourth-order valence-corrected chi connectivity index (χ4v) is 3.87. The highest BCUT2D eigenvalue weighted by molar-refractivity contribution is 5.95. The molecule has 0 aromatic heterocycles. The van der Waals surface area contributed by atoms with Gasteiger partial charge in [0.2, 0.25) is 0 Å². The summed E-state index contributed by atoms with van der Waals surface area (Å²) in [6.07, 6.45) is 1.91. The van der Waals surface area contributed by atoms with Crippen molar-refractivity contribution in [2.45, 2.75) is 57.7 Å². The van der Waals surface area contributed by atoms with Gasteiger partial charge in [-0.3, -0.25) is 4.79 Å². The van der Waals surface area contributed by atoms with Crippen molar-refractivity contribution in [1.82, 2.24) is 5.32 Å². The molecule has 0 unspecified atom stereocenters. The third-order valence-electron chi connectivity index (χ3n) is 4.31. The van der Waals surface area contributed by atoms with Crippen LogP contribution in [0.25, 0.3) is 0 Å². The molecular formula is C18H29N2O3+. The van der Waals surface area contributed by atoms with E-state index in [1.165, 1.54) is 0 Å². The number of quaternary nitrogens is 1. The molecule has 3 N–H and O–H groups in total. The number of nitrogens with one attached hydrogen (secondary N) is 1. The average molecular weight is 321 g/mol. The standard InChI is InChI=1S/C18H28N2O3/c1-17(2)10-13(11-18(3,4)20-17)19-16(21)12-7-8-14(22-5)15(9-12)23-6/h7-9,13,20H,10-11H2,1-6H3,(H,19,21)/p+1. The van der Waals surface area contributed by atoms with E-state index in [1.807, 2.05) is 0 Å². The summed E-state index contributed by atoms with van der Waals surface area (Å²) in [5.74, 6) is 1.13. The van der Waals surface area contributed by atoms with Gasteiger partial charge >= 0.3 is 0 Å². The summed E-state index contributed by atoms with van der Waals surface area (Å²) >= 11 is 0. The molecule has 0 aliphatic carbocycles. The van der Waals surface area contributed by atoms with Crippen molar-refractivity contribution in [3.05, 3.63) is 23.8 Å². The van der Waals surface area contributed by atoms with Gasteiger partial charge in [0.25, 0.3) is 5.91 Å². The molecule has 1 aromatic rings. The molecule has 5 nitrogen and oxygen atoms in total. The smallest absolute Gasteiger partial charge is 0.251 e. The molecule has 128 valence electrons. The molecule has 5 heteroatoms. The number of rotatable bonds is 4. The van der Waals surface area contributed by atoms with E-state index in [1.54, 1.807) is 32.4 Å². The second-order valence-electron chi connectivity index (χ2n) is 7.77. The van der Waals surface area contributed by atoms with Gasteiger partial charge in [-0.25, -0.2) is 0 Å². The molecule has 1 amide bonds. The van der Waals surface area contributed by atoms with Gasteiger partial charge in [0.15, 0.2) is 11.5 Å². The Morgan fingerprint density at radius 1 is 1.09 bits per heavy atom. The van der Waals surface area contributed by atoms with Gasteiger partial charge < -0.3 is 20.1 Å². The zero-order valence-electron chi connectivity index (χ0n) is 15.0. The zero-order valence-corrected chi connectivity index (χ0v) is 15.0. The summed E-state index contributed by atoms with van der Waals surface area (Å²) in [4.78, 5) is 12.6. The highest BCUT2D eigenvalue weighted by atomic mass is 16.5. The van der Waals surface area contributed by atoms with Crippen molar-refractivity contribution in [3.63, 3.8) is 0 Å². The lowest BCUT2D eigenvalue weighted by Crippen LogP contribution is -3.06. The molecule has 1 aromatic carbocycles. The number of methoxy groups -OCH3 is 2. The fraction of sp³-hybridized carbons (Fsp3) is 0.611. The summed E-state index contributed by atoms with van der Waals surface area (Å²) < 4.78 is 10.5. The Kier molecular flexibility index (Phi) is 4.90. The minimum absolute atomic E-state index is 0.0653. The van der Waals surface area contributed by atoms with E-state index in [-0.39, 0.29) is 23.0 Å². The van der Waals surface area contributed by atoms with Crippen LogP contribution in [-0.4, -0.2) is 37.2 Å². The minimum Gasteiger partial charge on any atom is -0.493 e. The van der Waals surface area contributed by atoms with Gasteiger partial charge in [0, 0.05) is 24.4 Å². The number of benzene rings is 1. The molecule has 0 atom stereocenters. The van der Waals surface area contributed by atoms with Crippen molar-refractivity contribution in [3.8, 4) is 11.5 Å². The molecule has 1 heterocycles. The number of amides is 1. The van der Waals surface area contributed by atoms with Crippen LogP contribution in [0.15, 0.2) is 18.2 Å². The molecule has 0 bridgehead atoms. The van der Waals surface area contributed by atoms with Crippen LogP contribution >= 0.6 is 0 Å². The van der Waals surface area contributed by atoms with E-state index in [9.17, 15) is 4.79 Å². The summed E-state index contributed by atoms with van der Waals surface area (Å²) in [6, 6.07) is 5.42. The van der Waals surface area contributed by atoms with E-state index in [0.29, 0.717) is 17.1 Å². The number of piperidine rings is 1. The normalized spacial score (nSPS) is 19.9. The second-order valence-corrected chi connectivity index (χ2v) is 7.77. The number of carbonyl (C=O) groups is 1. The molecular weight excluding hydrogens is 292 g/mol. The molecule has 1 saturated heterocycles. The third kappa shape index (κ3) is 4.38. The number of carbonyl (C=O) groups excluding carboxylic acids is 1. The molecule has 0 saturated carbocycles. The molecule has 1 aliphatic heterocycles. The maximum atomic E-state index is 12.6. The Bertz CT molecular complexity index is 566. The van der Waals surface area contributed by atoms with Crippen LogP contribution < -0.4 is 20.1 Å². The Morgan fingerprint density at radius 2 is 1.65 bits per heavy atom. The second kappa shape index (κ2) is 6.40. The Labute approximate surface area is 138 Å². The van der Waals surface area contributed by atoms with E-state index in [2.05, 4.69) is 38.3 Å². The van der Waals surface area contributed by atoms with Crippen LogP contribution in [0, 0.1) is 0 Å². The maximum Gasteiger partial charge on any atom is 0.251 e. The zero-order chi connectivity index (χ0) is 17.3. The molecule has 1 aliphatic rings. The van der Waals surface area contributed by atoms with Gasteiger partial charge in [0.05, 0.1) is 25.3 Å². The maximum absolute atomic E-state index is 12.6. The van der Waals surface area contributed by atoms with Crippen molar-refractivity contribution < 1.29 is 19.6 Å². The first-order valence-corrected chi connectivity index (χ1v) is 8.06. The Hall–Kier alpha value is -1.75. The van der Waals surface area contributed by atoms with Crippen molar-refractivity contribution in [1.29, 1.82) is 0 Å². The minimum atomic E-state index is -0.0653. The summed E-state index contributed by atoms with van der Waals surface area (Å²) in [5, 5.41) is 5.58. The van der Waals surface area contributed by atoms with Gasteiger partial charge in [-0.15, -0.1) is 0 Å². The van der Waals surface area contributed by atoms with Crippen molar-refractivity contribution in [2.75, 3.05) is 14.2 Å². The highest BCUT2D eigenvalue weighted by Gasteiger charge is 2.42. The van der Waals surface area contributed by atoms with Gasteiger partial charge in [-0.05, 0) is 45.9 Å². The molecule has 1 fully saturated rings. The van der Waals surface area contributed by atoms with Crippen LogP contribution in [0.4, 0.5) is 0 Å². The topological polar surface area (TPSA) is 64.2 Å². The molecule has 0 radical (unpaired) electrons. The number of hydrogen-bond acceptors (Lipinski definition) is 3. The van der Waals surface area contributed by atoms with Crippen LogP contribution in [0.1, 0.15) is 50.9 Å². The van der Waals surface area contributed by atoms with Crippen molar-refractivity contribution >= 4 is 5.91 Å². The predicted octanol–water partition coefficient (Wildman–Crippen LogP) is 1.72. The lowest BCUT2D eigenvalue weighted by atomic mass is 9.79. The fourth-order valence-electron chi connectivity index (χ4n) is 3.87. The first-order chi connectivity index (χ1) is 10.7. The van der Waals surface area contributed by atoms with Crippen LogP contribution in [0.2, 0.25) is 0 Å². The van der Waals surface area contributed by atoms with E-state index in [0.717, 1.165) is 12.8 Å². The van der Waals surface area contributed by atoms with E-state index in [4.69, 9.17) is 9.47 Å². The van der Waals surface area contributed by atoms with Crippen LogP contribution in [0.3, 0.4) is 0 Å². The number of ether oxygens (including phenoxy) is 2. The van der Waals surface area contributed by atoms with Gasteiger partial charge in [-0.2, -0.15) is 0 Å². The summed E-state index contributed by atoms with van der Waals surface area (Å²) in [6.45, 7) is 8.90. The van der Waals surface area contributed by atoms with Gasteiger partial charge in [0.1, 0.15) is 0 Å². The predicted molar refractivity (Wildman–Crippen MR) is 90.1 cm³/mol. The highest BCUT2D eigenvalue weighted by Crippen LogP contribution is 2.28. The van der Waals surface area contributed by atoms with Crippen LogP contribution in [-0.2, 0) is 0 Å². The van der Waals surface area contributed by atoms with E-state index < -0.39 is 0 Å². The first-order valence-electron chi connectivity index (χ1n) is 8.06. The van der Waals surface area contributed by atoms with Gasteiger partial charge in [-0.1, -0.05) is 0 Å². The molecule has 23 heavy (non-hydrogen) atoms. The monoisotopic (exact) mass is 321 g/mol. The molecule has 0 spiro atoms. The average Bonchev–Trinajstić information content (AvgIpc) is 2.42. The Morgan fingerprint density at radius 3 is 2.17 bits per heavy atom. The quantitative estimate of drug-likeness (QED) is 0.887. The van der Waals surface area contributed by atoms with Crippen LogP contribution in [0.5, 0.6) is 11.5 Å². The SMILES string of the molecule is COc1ccc(C(=O)NC2CC(C)(C)[NH2+]C(C)(C)C2)cc1OC. The lowest BCUT2D eigenvalue weighted by molar-refractivity contribution is -0.787. The first kappa shape index (κ1) is 17.6.